The van der Waals surface area contributed by atoms with E-state index in [9.17, 15) is 14.4 Å². The molecule has 0 aliphatic carbocycles. The fraction of sp³-hybridized carbons (Fsp3) is 0.348. The number of ketones is 1. The Kier molecular flexibility index (Phi) is 8.01. The van der Waals surface area contributed by atoms with Gasteiger partial charge in [0.1, 0.15) is 6.04 Å². The molecule has 0 aliphatic rings. The van der Waals surface area contributed by atoms with E-state index in [1.165, 1.54) is 40.4 Å². The van der Waals surface area contributed by atoms with Crippen molar-refractivity contribution in [3.63, 3.8) is 0 Å². The molecule has 2 amide bonds. The molecular formula is C23H28N2O6. The van der Waals surface area contributed by atoms with Crippen molar-refractivity contribution >= 4 is 23.3 Å². The van der Waals surface area contributed by atoms with E-state index in [0.717, 1.165) is 0 Å². The Labute approximate surface area is 181 Å². The number of Topliss-reactive ketones (excluding diaryl/α,β-unsaturated/α-hetero) is 1. The van der Waals surface area contributed by atoms with E-state index in [-0.39, 0.29) is 17.3 Å². The van der Waals surface area contributed by atoms with Gasteiger partial charge in [-0.05, 0) is 37.1 Å². The number of hydrogen-bond donors (Lipinski definition) is 2. The van der Waals surface area contributed by atoms with Crippen LogP contribution in [0.3, 0.4) is 0 Å². The Morgan fingerprint density at radius 3 is 1.97 bits per heavy atom. The fourth-order valence-corrected chi connectivity index (χ4v) is 3.01. The van der Waals surface area contributed by atoms with Crippen molar-refractivity contribution in [3.05, 3.63) is 47.5 Å². The number of anilines is 1. The van der Waals surface area contributed by atoms with E-state index < -0.39 is 17.9 Å². The molecule has 0 saturated carbocycles. The second-order valence-corrected chi connectivity index (χ2v) is 7.24. The van der Waals surface area contributed by atoms with E-state index in [0.29, 0.717) is 28.5 Å². The van der Waals surface area contributed by atoms with Gasteiger partial charge in [-0.1, -0.05) is 26.0 Å². The van der Waals surface area contributed by atoms with E-state index in [4.69, 9.17) is 14.2 Å². The van der Waals surface area contributed by atoms with Crippen LogP contribution < -0.4 is 24.8 Å². The first-order valence-corrected chi connectivity index (χ1v) is 9.74. The summed E-state index contributed by atoms with van der Waals surface area (Å²) in [6.07, 6.45) is 0. The van der Waals surface area contributed by atoms with Gasteiger partial charge in [0.2, 0.25) is 11.7 Å². The number of benzene rings is 2. The lowest BCUT2D eigenvalue weighted by Gasteiger charge is -2.22. The van der Waals surface area contributed by atoms with E-state index in [1.54, 1.807) is 24.3 Å². The normalized spacial score (nSPS) is 11.5. The Morgan fingerprint density at radius 1 is 0.871 bits per heavy atom. The SMILES string of the molecule is COc1cc(C(=O)N[C@H](C(=O)Nc2cccc(C(C)=O)c2)C(C)C)cc(OC)c1OC. The van der Waals surface area contributed by atoms with Gasteiger partial charge in [0, 0.05) is 16.8 Å². The van der Waals surface area contributed by atoms with Crippen LogP contribution >= 0.6 is 0 Å². The molecule has 8 heteroatoms. The first kappa shape index (κ1) is 23.7. The number of ether oxygens (including phenoxy) is 3. The molecule has 2 rings (SSSR count). The lowest BCUT2D eigenvalue weighted by Crippen LogP contribution is -2.47. The predicted molar refractivity (Wildman–Crippen MR) is 117 cm³/mol. The maximum Gasteiger partial charge on any atom is 0.252 e. The summed E-state index contributed by atoms with van der Waals surface area (Å²) >= 11 is 0. The summed E-state index contributed by atoms with van der Waals surface area (Å²) in [5, 5.41) is 5.52. The second kappa shape index (κ2) is 10.5. The monoisotopic (exact) mass is 428 g/mol. The molecule has 0 bridgehead atoms. The molecule has 0 fully saturated rings. The maximum atomic E-state index is 12.9. The highest BCUT2D eigenvalue weighted by molar-refractivity contribution is 6.02. The van der Waals surface area contributed by atoms with Gasteiger partial charge >= 0.3 is 0 Å². The largest absolute Gasteiger partial charge is 0.493 e. The topological polar surface area (TPSA) is 103 Å². The van der Waals surface area contributed by atoms with Crippen LogP contribution in [-0.2, 0) is 4.79 Å². The van der Waals surface area contributed by atoms with E-state index in [1.807, 2.05) is 13.8 Å². The quantitative estimate of drug-likeness (QED) is 0.594. The highest BCUT2D eigenvalue weighted by Crippen LogP contribution is 2.38. The molecule has 2 aromatic rings. The molecule has 0 saturated heterocycles. The highest BCUT2D eigenvalue weighted by Gasteiger charge is 2.26. The number of rotatable bonds is 9. The van der Waals surface area contributed by atoms with Gasteiger partial charge < -0.3 is 24.8 Å². The van der Waals surface area contributed by atoms with E-state index in [2.05, 4.69) is 10.6 Å². The fourth-order valence-electron chi connectivity index (χ4n) is 3.01. The number of nitrogens with one attached hydrogen (secondary N) is 2. The Balaban J connectivity index is 2.25. The van der Waals surface area contributed by atoms with Crippen LogP contribution in [0.15, 0.2) is 36.4 Å². The van der Waals surface area contributed by atoms with Gasteiger partial charge in [-0.2, -0.15) is 0 Å². The molecule has 2 aromatic carbocycles. The van der Waals surface area contributed by atoms with Crippen molar-refractivity contribution in [1.29, 1.82) is 0 Å². The summed E-state index contributed by atoms with van der Waals surface area (Å²) in [5.74, 6) is -0.126. The second-order valence-electron chi connectivity index (χ2n) is 7.24. The third-order valence-corrected chi connectivity index (χ3v) is 4.70. The minimum atomic E-state index is -0.812. The van der Waals surface area contributed by atoms with Crippen LogP contribution in [0.2, 0.25) is 0 Å². The van der Waals surface area contributed by atoms with Crippen molar-refractivity contribution in [1.82, 2.24) is 5.32 Å². The number of hydrogen-bond acceptors (Lipinski definition) is 6. The minimum Gasteiger partial charge on any atom is -0.493 e. The van der Waals surface area contributed by atoms with Gasteiger partial charge in [-0.25, -0.2) is 0 Å². The van der Waals surface area contributed by atoms with Gasteiger partial charge in [-0.15, -0.1) is 0 Å². The first-order chi connectivity index (χ1) is 14.7. The van der Waals surface area contributed by atoms with Crippen LogP contribution in [0.25, 0.3) is 0 Å². The van der Waals surface area contributed by atoms with Crippen LogP contribution in [0.1, 0.15) is 41.5 Å². The van der Waals surface area contributed by atoms with Gasteiger partial charge in [0.05, 0.1) is 21.3 Å². The molecule has 0 aliphatic heterocycles. The predicted octanol–water partition coefficient (Wildman–Crippen LogP) is 3.31. The van der Waals surface area contributed by atoms with Crippen LogP contribution in [0, 0.1) is 5.92 Å². The average molecular weight is 428 g/mol. The number of amides is 2. The summed E-state index contributed by atoms with van der Waals surface area (Å²) in [6, 6.07) is 8.86. The molecular weight excluding hydrogens is 400 g/mol. The highest BCUT2D eigenvalue weighted by atomic mass is 16.5. The van der Waals surface area contributed by atoms with Crippen molar-refractivity contribution in [3.8, 4) is 17.2 Å². The maximum absolute atomic E-state index is 12.9. The van der Waals surface area contributed by atoms with Gasteiger partial charge in [-0.3, -0.25) is 14.4 Å². The average Bonchev–Trinajstić information content (AvgIpc) is 2.75. The smallest absolute Gasteiger partial charge is 0.252 e. The zero-order chi connectivity index (χ0) is 23.1. The molecule has 0 heterocycles. The molecule has 0 unspecified atom stereocenters. The molecule has 0 aromatic heterocycles. The summed E-state index contributed by atoms with van der Waals surface area (Å²) in [6.45, 7) is 5.10. The van der Waals surface area contributed by atoms with E-state index >= 15 is 0 Å². The summed E-state index contributed by atoms with van der Waals surface area (Å²) in [4.78, 5) is 37.4. The number of methoxy groups -OCH3 is 3. The minimum absolute atomic E-state index is 0.104. The molecule has 0 spiro atoms. The molecule has 166 valence electrons. The van der Waals surface area contributed by atoms with Gasteiger partial charge in [0.25, 0.3) is 5.91 Å². The third kappa shape index (κ3) is 5.75. The van der Waals surface area contributed by atoms with Crippen molar-refractivity contribution in [2.45, 2.75) is 26.8 Å². The number of carbonyl (C=O) groups excluding carboxylic acids is 3. The van der Waals surface area contributed by atoms with Crippen molar-refractivity contribution in [2.75, 3.05) is 26.6 Å². The van der Waals surface area contributed by atoms with Crippen LogP contribution in [0.4, 0.5) is 5.69 Å². The molecule has 8 nitrogen and oxygen atoms in total. The van der Waals surface area contributed by atoms with Crippen molar-refractivity contribution < 1.29 is 28.6 Å². The van der Waals surface area contributed by atoms with Gasteiger partial charge in [0.15, 0.2) is 17.3 Å². The zero-order valence-corrected chi connectivity index (χ0v) is 18.6. The van der Waals surface area contributed by atoms with Crippen molar-refractivity contribution in [2.24, 2.45) is 5.92 Å². The Bertz CT molecular complexity index is 945. The van der Waals surface area contributed by atoms with Crippen LogP contribution in [-0.4, -0.2) is 45.0 Å². The third-order valence-electron chi connectivity index (χ3n) is 4.70. The summed E-state index contributed by atoms with van der Waals surface area (Å²) < 4.78 is 15.8. The first-order valence-electron chi connectivity index (χ1n) is 9.74. The standard InChI is InChI=1S/C23H28N2O6/c1-13(2)20(23(28)24-17-9-7-8-15(10-17)14(3)26)25-22(27)16-11-18(29-4)21(31-6)19(12-16)30-5/h7-13,20H,1-6H3,(H,24,28)(H,25,27)/t20-/m0/s1. The number of carbonyl (C=O) groups is 3. The molecule has 2 N–H and O–H groups in total. The summed E-state index contributed by atoms with van der Waals surface area (Å²) in [5.41, 5.74) is 1.22. The van der Waals surface area contributed by atoms with Crippen LogP contribution in [0.5, 0.6) is 17.2 Å². The lowest BCUT2D eigenvalue weighted by molar-refractivity contribution is -0.118. The lowest BCUT2D eigenvalue weighted by atomic mass is 10.0. The molecule has 0 radical (unpaired) electrons. The Hall–Kier alpha value is -3.55. The molecule has 31 heavy (non-hydrogen) atoms. The zero-order valence-electron chi connectivity index (χ0n) is 18.6. The Morgan fingerprint density at radius 2 is 1.48 bits per heavy atom. The summed E-state index contributed by atoms with van der Waals surface area (Å²) in [7, 11) is 4.39. The molecule has 1 atom stereocenters.